The monoisotopic (exact) mass is 286 g/mol. The summed E-state index contributed by atoms with van der Waals surface area (Å²) in [6.45, 7) is 2.20. The lowest BCUT2D eigenvalue weighted by Crippen LogP contribution is -2.12. The number of ether oxygens (including phenoxy) is 1. The van der Waals surface area contributed by atoms with Gasteiger partial charge in [0.05, 0.1) is 17.6 Å². The zero-order valence-electron chi connectivity index (χ0n) is 10.5. The van der Waals surface area contributed by atoms with Crippen LogP contribution < -0.4 is 10.1 Å². The molecule has 0 atom stereocenters. The van der Waals surface area contributed by atoms with Crippen molar-refractivity contribution in [3.05, 3.63) is 28.3 Å². The normalized spacial score (nSPS) is 10.0. The van der Waals surface area contributed by atoms with E-state index in [1.165, 1.54) is 12.1 Å². The number of amides is 1. The lowest BCUT2D eigenvalue weighted by Gasteiger charge is -2.08. The van der Waals surface area contributed by atoms with E-state index in [9.17, 15) is 14.9 Å². The number of rotatable bonds is 7. The van der Waals surface area contributed by atoms with E-state index < -0.39 is 4.92 Å². The van der Waals surface area contributed by atoms with Crippen molar-refractivity contribution in [3.63, 3.8) is 0 Å². The van der Waals surface area contributed by atoms with Crippen molar-refractivity contribution in [2.75, 3.05) is 17.8 Å². The Kier molecular flexibility index (Phi) is 6.08. The number of carbonyl (C=O) groups is 1. The number of carbonyl (C=O) groups excluding carboxylic acids is 1. The molecule has 0 spiro atoms. The Morgan fingerprint density at radius 3 is 2.84 bits per heavy atom. The topological polar surface area (TPSA) is 81.5 Å². The van der Waals surface area contributed by atoms with Crippen LogP contribution in [0.3, 0.4) is 0 Å². The first-order valence-electron chi connectivity index (χ1n) is 5.85. The van der Waals surface area contributed by atoms with Gasteiger partial charge in [0.1, 0.15) is 11.4 Å². The molecular weight excluding hydrogens is 272 g/mol. The molecule has 0 heterocycles. The van der Waals surface area contributed by atoms with Crippen LogP contribution in [-0.2, 0) is 4.79 Å². The van der Waals surface area contributed by atoms with E-state index in [2.05, 4.69) is 5.32 Å². The Morgan fingerprint density at radius 1 is 1.53 bits per heavy atom. The van der Waals surface area contributed by atoms with Gasteiger partial charge in [-0.3, -0.25) is 14.9 Å². The van der Waals surface area contributed by atoms with Crippen LogP contribution in [0.4, 0.5) is 11.4 Å². The van der Waals surface area contributed by atoms with Crippen LogP contribution >= 0.6 is 11.6 Å². The van der Waals surface area contributed by atoms with Gasteiger partial charge in [0, 0.05) is 12.3 Å². The zero-order valence-corrected chi connectivity index (χ0v) is 11.3. The maximum absolute atomic E-state index is 11.5. The van der Waals surface area contributed by atoms with E-state index in [4.69, 9.17) is 16.3 Å². The van der Waals surface area contributed by atoms with Crippen LogP contribution in [0.15, 0.2) is 18.2 Å². The largest absolute Gasteiger partial charge is 0.494 e. The summed E-state index contributed by atoms with van der Waals surface area (Å²) >= 11 is 5.48. The van der Waals surface area contributed by atoms with Gasteiger partial charge in [-0.05, 0) is 25.5 Å². The average molecular weight is 287 g/mol. The third-order valence-electron chi connectivity index (χ3n) is 2.29. The standard InChI is InChI=1S/C12H15ClN2O4/c1-2-19-9-5-6-10(11(8-9)15(17)18)14-12(16)4-3-7-13/h5-6,8H,2-4,7H2,1H3,(H,14,16). The molecule has 6 nitrogen and oxygen atoms in total. The van der Waals surface area contributed by atoms with Crippen LogP contribution in [0, 0.1) is 10.1 Å². The fourth-order valence-corrected chi connectivity index (χ4v) is 1.60. The van der Waals surface area contributed by atoms with Gasteiger partial charge >= 0.3 is 0 Å². The highest BCUT2D eigenvalue weighted by Gasteiger charge is 2.17. The number of halogens is 1. The van der Waals surface area contributed by atoms with Gasteiger partial charge in [0.2, 0.25) is 5.91 Å². The van der Waals surface area contributed by atoms with Gasteiger partial charge in [-0.1, -0.05) is 0 Å². The van der Waals surface area contributed by atoms with E-state index in [-0.39, 0.29) is 23.7 Å². The third kappa shape index (κ3) is 4.75. The number of nitro benzene ring substituents is 1. The molecule has 19 heavy (non-hydrogen) atoms. The maximum Gasteiger partial charge on any atom is 0.296 e. The summed E-state index contributed by atoms with van der Waals surface area (Å²) < 4.78 is 5.19. The Hall–Kier alpha value is -1.82. The predicted molar refractivity (Wildman–Crippen MR) is 72.8 cm³/mol. The number of hydrogen-bond donors (Lipinski definition) is 1. The minimum Gasteiger partial charge on any atom is -0.494 e. The van der Waals surface area contributed by atoms with Crippen molar-refractivity contribution in [2.45, 2.75) is 19.8 Å². The molecule has 1 N–H and O–H groups in total. The molecule has 0 aliphatic carbocycles. The molecule has 1 rings (SSSR count). The number of nitrogens with zero attached hydrogens (tertiary/aromatic N) is 1. The van der Waals surface area contributed by atoms with Crippen LogP contribution in [0.1, 0.15) is 19.8 Å². The molecule has 0 saturated carbocycles. The first-order valence-corrected chi connectivity index (χ1v) is 6.39. The van der Waals surface area contributed by atoms with Crippen LogP contribution in [-0.4, -0.2) is 23.3 Å². The lowest BCUT2D eigenvalue weighted by molar-refractivity contribution is -0.384. The summed E-state index contributed by atoms with van der Waals surface area (Å²) in [5.74, 6) is 0.472. The lowest BCUT2D eigenvalue weighted by atomic mass is 10.2. The second kappa shape index (κ2) is 7.58. The van der Waals surface area contributed by atoms with Crippen molar-refractivity contribution in [2.24, 2.45) is 0 Å². The highest BCUT2D eigenvalue weighted by atomic mass is 35.5. The molecule has 7 heteroatoms. The highest BCUT2D eigenvalue weighted by Crippen LogP contribution is 2.29. The van der Waals surface area contributed by atoms with Crippen molar-refractivity contribution < 1.29 is 14.5 Å². The van der Waals surface area contributed by atoms with E-state index in [1.807, 2.05) is 0 Å². The van der Waals surface area contributed by atoms with E-state index in [0.29, 0.717) is 24.7 Å². The summed E-state index contributed by atoms with van der Waals surface area (Å²) in [6, 6.07) is 4.33. The van der Waals surface area contributed by atoms with Crippen LogP contribution in [0.5, 0.6) is 5.75 Å². The summed E-state index contributed by atoms with van der Waals surface area (Å²) in [4.78, 5) is 21.9. The molecule has 104 valence electrons. The quantitative estimate of drug-likeness (QED) is 0.475. The molecule has 1 aromatic rings. The summed E-state index contributed by atoms with van der Waals surface area (Å²) in [5, 5.41) is 13.5. The highest BCUT2D eigenvalue weighted by molar-refractivity contribution is 6.18. The maximum atomic E-state index is 11.5. The molecule has 0 aliphatic heterocycles. The Labute approximate surface area is 115 Å². The van der Waals surface area contributed by atoms with Crippen molar-refractivity contribution >= 4 is 28.9 Å². The van der Waals surface area contributed by atoms with Crippen molar-refractivity contribution in [1.29, 1.82) is 0 Å². The Balaban J connectivity index is 2.87. The van der Waals surface area contributed by atoms with Crippen molar-refractivity contribution in [1.82, 2.24) is 0 Å². The van der Waals surface area contributed by atoms with E-state index in [1.54, 1.807) is 13.0 Å². The fourth-order valence-electron chi connectivity index (χ4n) is 1.46. The average Bonchev–Trinajstić information content (AvgIpc) is 2.38. The van der Waals surface area contributed by atoms with Gasteiger partial charge < -0.3 is 10.1 Å². The van der Waals surface area contributed by atoms with E-state index >= 15 is 0 Å². The molecule has 0 bridgehead atoms. The zero-order chi connectivity index (χ0) is 14.3. The SMILES string of the molecule is CCOc1ccc(NC(=O)CCCCl)c([N+](=O)[O-])c1. The summed E-state index contributed by atoms with van der Waals surface area (Å²) in [7, 11) is 0. The Morgan fingerprint density at radius 2 is 2.26 bits per heavy atom. The minimum absolute atomic E-state index is 0.160. The first kappa shape index (κ1) is 15.2. The minimum atomic E-state index is -0.556. The molecule has 0 radical (unpaired) electrons. The fraction of sp³-hybridized carbons (Fsp3) is 0.417. The number of hydrogen-bond acceptors (Lipinski definition) is 4. The van der Waals surface area contributed by atoms with Gasteiger partial charge in [-0.15, -0.1) is 11.6 Å². The molecular formula is C12H15ClN2O4. The molecule has 1 amide bonds. The molecule has 0 aliphatic rings. The number of benzene rings is 1. The van der Waals surface area contributed by atoms with Gasteiger partial charge in [-0.2, -0.15) is 0 Å². The number of nitrogens with one attached hydrogen (secondary N) is 1. The van der Waals surface area contributed by atoms with Crippen LogP contribution in [0.25, 0.3) is 0 Å². The second-order valence-corrected chi connectivity index (χ2v) is 4.09. The second-order valence-electron chi connectivity index (χ2n) is 3.71. The third-order valence-corrected chi connectivity index (χ3v) is 2.56. The number of nitro groups is 1. The number of alkyl halides is 1. The molecule has 0 unspecified atom stereocenters. The predicted octanol–water partition coefficient (Wildman–Crippen LogP) is 2.95. The van der Waals surface area contributed by atoms with Gasteiger partial charge in [0.25, 0.3) is 5.69 Å². The molecule has 0 aromatic heterocycles. The van der Waals surface area contributed by atoms with Crippen molar-refractivity contribution in [3.8, 4) is 5.75 Å². The molecule has 1 aromatic carbocycles. The first-order chi connectivity index (χ1) is 9.08. The Bertz CT molecular complexity index is 465. The summed E-state index contributed by atoms with van der Waals surface area (Å²) in [5.41, 5.74) is -0.0294. The smallest absolute Gasteiger partial charge is 0.296 e. The van der Waals surface area contributed by atoms with E-state index in [0.717, 1.165) is 0 Å². The molecule has 0 fully saturated rings. The van der Waals surface area contributed by atoms with Gasteiger partial charge in [0.15, 0.2) is 0 Å². The van der Waals surface area contributed by atoms with Gasteiger partial charge in [-0.25, -0.2) is 0 Å². The van der Waals surface area contributed by atoms with Crippen LogP contribution in [0.2, 0.25) is 0 Å². The molecule has 0 saturated heterocycles. The number of anilines is 1. The summed E-state index contributed by atoms with van der Waals surface area (Å²) in [6.07, 6.45) is 0.756.